The second-order valence-corrected chi connectivity index (χ2v) is 3.69. The highest BCUT2D eigenvalue weighted by Crippen LogP contribution is 2.20. The van der Waals surface area contributed by atoms with Crippen LogP contribution in [0.2, 0.25) is 0 Å². The molecule has 0 aliphatic heterocycles. The van der Waals surface area contributed by atoms with Crippen LogP contribution in [0.4, 0.5) is 13.2 Å². The van der Waals surface area contributed by atoms with Crippen LogP contribution in [0.1, 0.15) is 13.3 Å². The third-order valence-electron chi connectivity index (χ3n) is 0.875. The maximum Gasteiger partial charge on any atom is 0.485 e. The third kappa shape index (κ3) is 8.32. The van der Waals surface area contributed by atoms with Crippen LogP contribution < -0.4 is 0 Å². The first-order valence-corrected chi connectivity index (χ1v) is 5.36. The van der Waals surface area contributed by atoms with Crippen molar-refractivity contribution in [3.8, 4) is 0 Å². The number of halogens is 3. The summed E-state index contributed by atoms with van der Waals surface area (Å²) in [5.41, 5.74) is -5.65. The van der Waals surface area contributed by atoms with Crippen LogP contribution in [0, 0.1) is 0 Å². The molecule has 0 fully saturated rings. The molecule has 0 atom stereocenters. The van der Waals surface area contributed by atoms with Gasteiger partial charge in [0, 0.05) is 6.42 Å². The molecule has 0 saturated carbocycles. The molecule has 0 aliphatic rings. The second-order valence-electron chi connectivity index (χ2n) is 1.97. The van der Waals surface area contributed by atoms with E-state index in [1.165, 1.54) is 0 Å². The molecular formula is C5H9F3O4S2. The molecule has 0 bridgehead atoms. The first-order chi connectivity index (χ1) is 6.06. The number of hydrogen-bond acceptors (Lipinski definition) is 4. The Hall–Kier alpha value is -0.280. The van der Waals surface area contributed by atoms with E-state index in [0.717, 1.165) is 0 Å². The Morgan fingerprint density at radius 1 is 1.43 bits per heavy atom. The van der Waals surface area contributed by atoms with Gasteiger partial charge in [-0.1, -0.05) is 6.92 Å². The number of carbonyl (C=O) groups excluding carboxylic acids is 1. The Morgan fingerprint density at radius 2 is 1.71 bits per heavy atom. The molecule has 0 aliphatic carbocycles. The number of ketones is 1. The molecule has 14 heavy (non-hydrogen) atoms. The summed E-state index contributed by atoms with van der Waals surface area (Å²) >= 11 is 3.07. The van der Waals surface area contributed by atoms with Crippen molar-refractivity contribution >= 4 is 28.5 Å². The van der Waals surface area contributed by atoms with E-state index in [1.807, 2.05) is 6.92 Å². The Bertz CT molecular complexity index is 263. The van der Waals surface area contributed by atoms with Crippen molar-refractivity contribution in [2.45, 2.75) is 18.9 Å². The Morgan fingerprint density at radius 3 is 1.71 bits per heavy atom. The van der Waals surface area contributed by atoms with Gasteiger partial charge < -0.3 is 4.55 Å². The number of Topliss-reactive ketones (excluding diaryl/α,β-unsaturated/α-hetero) is 1. The molecule has 0 aromatic rings. The monoisotopic (exact) mass is 254 g/mol. The van der Waals surface area contributed by atoms with Crippen LogP contribution in [-0.2, 0) is 27.5 Å². The summed E-state index contributed by atoms with van der Waals surface area (Å²) in [5, 5.41) is 0. The lowest BCUT2D eigenvalue weighted by molar-refractivity contribution is -0.116. The summed E-state index contributed by atoms with van der Waals surface area (Å²) in [4.78, 5) is 10.1. The summed E-state index contributed by atoms with van der Waals surface area (Å²) in [6, 6.07) is 0. The van der Waals surface area contributed by atoms with Gasteiger partial charge in [-0.25, -0.2) is 8.42 Å². The molecule has 86 valence electrons. The Balaban J connectivity index is 0. The fraction of sp³-hybridized carbons (Fsp3) is 0.800. The molecule has 0 amide bonds. The molecule has 0 unspecified atom stereocenters. The van der Waals surface area contributed by atoms with Crippen LogP contribution >= 0.6 is 0 Å². The smallest absolute Gasteiger partial charge is 0.485 e. The van der Waals surface area contributed by atoms with Crippen molar-refractivity contribution in [1.82, 2.24) is 0 Å². The maximum absolute atomic E-state index is 10.7. The zero-order valence-corrected chi connectivity index (χ0v) is 8.91. The van der Waals surface area contributed by atoms with E-state index in [2.05, 4.69) is 12.6 Å². The van der Waals surface area contributed by atoms with Crippen molar-refractivity contribution in [1.29, 1.82) is 0 Å². The Kier molecular flexibility index (Phi) is 7.21. The van der Waals surface area contributed by atoms with E-state index in [0.29, 0.717) is 12.2 Å². The zero-order valence-electron chi connectivity index (χ0n) is 7.09. The predicted molar refractivity (Wildman–Crippen MR) is 46.1 cm³/mol. The average molecular weight is 254 g/mol. The first kappa shape index (κ1) is 16.2. The molecular weight excluding hydrogens is 245 g/mol. The highest BCUT2D eigenvalue weighted by Gasteiger charge is 2.36. The van der Waals surface area contributed by atoms with E-state index in [-0.39, 0.29) is 5.78 Å². The van der Waals surface area contributed by atoms with E-state index in [9.17, 15) is 18.0 Å². The molecule has 0 radical (unpaired) electrons. The van der Waals surface area contributed by atoms with E-state index >= 15 is 0 Å². The highest BCUT2D eigenvalue weighted by atomic mass is 32.2. The second kappa shape index (κ2) is 6.25. The van der Waals surface area contributed by atoms with Crippen molar-refractivity contribution in [2.75, 3.05) is 5.75 Å². The quantitative estimate of drug-likeness (QED) is 0.396. The molecule has 0 aromatic carbocycles. The number of rotatable bonds is 2. The van der Waals surface area contributed by atoms with Crippen LogP contribution in [-0.4, -0.2) is 30.0 Å². The lowest BCUT2D eigenvalue weighted by Crippen LogP contribution is -2.21. The largest absolute Gasteiger partial charge is 0.741 e. The van der Waals surface area contributed by atoms with Gasteiger partial charge in [-0.3, -0.25) is 4.79 Å². The van der Waals surface area contributed by atoms with E-state index < -0.39 is 15.6 Å². The summed E-state index contributed by atoms with van der Waals surface area (Å²) in [5.74, 6) is 0.753. The molecule has 0 heterocycles. The summed E-state index contributed by atoms with van der Waals surface area (Å²) in [6.07, 6.45) is 0.642. The van der Waals surface area contributed by atoms with Crippen LogP contribution in [0.15, 0.2) is 0 Å². The lowest BCUT2D eigenvalue weighted by Gasteiger charge is -2.08. The SMILES string of the molecule is CCC(=O)C[SH2+].O=S(=O)([O-])C(F)(F)F. The fourth-order valence-corrected chi connectivity index (χ4v) is 0.375. The molecule has 4 nitrogen and oxygen atoms in total. The van der Waals surface area contributed by atoms with E-state index in [4.69, 9.17) is 13.0 Å². The van der Waals surface area contributed by atoms with Gasteiger partial charge in [-0.05, 0) is 12.6 Å². The summed E-state index contributed by atoms with van der Waals surface area (Å²) in [6.45, 7) is 1.85. The topological polar surface area (TPSA) is 74.3 Å². The summed E-state index contributed by atoms with van der Waals surface area (Å²) in [7, 11) is -6.09. The number of alkyl halides is 3. The minimum atomic E-state index is -6.09. The highest BCUT2D eigenvalue weighted by molar-refractivity contribution is 7.86. The molecule has 0 spiro atoms. The zero-order chi connectivity index (χ0) is 12.0. The van der Waals surface area contributed by atoms with Crippen LogP contribution in [0.3, 0.4) is 0 Å². The standard InChI is InChI=1S/C4H8OS.CHF3O3S/c1-2-4(5)3-6;2-1(3,4)8(5,6)7/h6H,2-3H2,1H3;(H,5,6,7). The minimum Gasteiger partial charge on any atom is -0.741 e. The average Bonchev–Trinajstić information content (AvgIpc) is 2.00. The third-order valence-corrected chi connectivity index (χ3v) is 1.84. The van der Waals surface area contributed by atoms with Gasteiger partial charge in [-0.15, -0.1) is 0 Å². The van der Waals surface area contributed by atoms with Gasteiger partial charge in [0.05, 0.1) is 0 Å². The Labute approximate surface area is 84.6 Å². The lowest BCUT2D eigenvalue weighted by atomic mass is 10.4. The summed E-state index contributed by atoms with van der Waals surface area (Å²) < 4.78 is 58.9. The van der Waals surface area contributed by atoms with Crippen LogP contribution in [0.5, 0.6) is 0 Å². The van der Waals surface area contributed by atoms with Gasteiger partial charge >= 0.3 is 5.51 Å². The van der Waals surface area contributed by atoms with Gasteiger partial charge in [0.2, 0.25) is 0 Å². The predicted octanol–water partition coefficient (Wildman–Crippen LogP) is 0.0284. The fourth-order valence-electron chi connectivity index (χ4n) is 0.125. The van der Waals surface area contributed by atoms with Crippen molar-refractivity contribution in [3.05, 3.63) is 0 Å². The number of hydrogen-bond donors (Lipinski definition) is 0. The minimum absolute atomic E-state index is 0.256. The maximum atomic E-state index is 10.7. The van der Waals surface area contributed by atoms with Crippen molar-refractivity contribution < 1.29 is 30.9 Å². The van der Waals surface area contributed by atoms with Gasteiger partial charge in [0.1, 0.15) is 0 Å². The molecule has 9 heteroatoms. The van der Waals surface area contributed by atoms with Gasteiger partial charge in [-0.2, -0.15) is 13.2 Å². The molecule has 0 saturated heterocycles. The molecule has 0 rings (SSSR count). The van der Waals surface area contributed by atoms with Crippen molar-refractivity contribution in [2.24, 2.45) is 0 Å². The normalized spacial score (nSPS) is 11.6. The van der Waals surface area contributed by atoms with Gasteiger partial charge in [0.25, 0.3) is 0 Å². The van der Waals surface area contributed by atoms with Crippen molar-refractivity contribution in [3.63, 3.8) is 0 Å². The molecule has 0 aromatic heterocycles. The van der Waals surface area contributed by atoms with Gasteiger partial charge in [0.15, 0.2) is 21.7 Å². The number of carbonyl (C=O) groups is 1. The van der Waals surface area contributed by atoms with E-state index in [1.54, 1.807) is 0 Å². The first-order valence-electron chi connectivity index (χ1n) is 3.24. The molecule has 0 N–H and O–H groups in total. The van der Waals surface area contributed by atoms with Crippen LogP contribution in [0.25, 0.3) is 0 Å².